The van der Waals surface area contributed by atoms with E-state index in [0.29, 0.717) is 5.56 Å². The molecule has 0 bridgehead atoms. The number of amides is 2. The summed E-state index contributed by atoms with van der Waals surface area (Å²) in [4.78, 5) is 43.0. The number of hydrogen-bond acceptors (Lipinski definition) is 6. The zero-order valence-corrected chi connectivity index (χ0v) is 12.3. The van der Waals surface area contributed by atoms with Crippen molar-refractivity contribution >= 4 is 23.6 Å². The molecule has 23 heavy (non-hydrogen) atoms. The molecule has 2 N–H and O–H groups in total. The van der Waals surface area contributed by atoms with Crippen LogP contribution in [0.1, 0.15) is 20.8 Å². The van der Waals surface area contributed by atoms with Gasteiger partial charge in [-0.05, 0) is 12.1 Å². The lowest BCUT2D eigenvalue weighted by molar-refractivity contribution is -0.139. The van der Waals surface area contributed by atoms with Crippen LogP contribution in [-0.2, 0) is 9.53 Å². The smallest absolute Gasteiger partial charge is 0.325 e. The minimum absolute atomic E-state index is 0.00344. The predicted molar refractivity (Wildman–Crippen MR) is 80.8 cm³/mol. The van der Waals surface area contributed by atoms with Crippen LogP contribution in [0.4, 0.5) is 5.82 Å². The maximum Gasteiger partial charge on any atom is 0.325 e. The first kappa shape index (κ1) is 16.1. The number of hydrogen-bond donors (Lipinski definition) is 2. The van der Waals surface area contributed by atoms with E-state index in [0.717, 1.165) is 0 Å². The third kappa shape index (κ3) is 4.34. The van der Waals surface area contributed by atoms with Gasteiger partial charge in [0.15, 0.2) is 11.5 Å². The van der Waals surface area contributed by atoms with Crippen LogP contribution < -0.4 is 10.6 Å². The Morgan fingerprint density at radius 1 is 1.04 bits per heavy atom. The Morgan fingerprint density at radius 2 is 1.74 bits per heavy atom. The number of rotatable bonds is 5. The van der Waals surface area contributed by atoms with Crippen LogP contribution in [0.3, 0.4) is 0 Å². The van der Waals surface area contributed by atoms with Crippen molar-refractivity contribution in [2.24, 2.45) is 0 Å². The summed E-state index contributed by atoms with van der Waals surface area (Å²) in [5.41, 5.74) is 0.319. The van der Waals surface area contributed by atoms with E-state index in [1.807, 2.05) is 0 Å². The number of aromatic nitrogens is 2. The summed E-state index contributed by atoms with van der Waals surface area (Å²) in [5, 5.41) is 4.86. The van der Waals surface area contributed by atoms with Crippen molar-refractivity contribution in [3.8, 4) is 0 Å². The molecule has 0 radical (unpaired) electrons. The van der Waals surface area contributed by atoms with Crippen LogP contribution in [0.15, 0.2) is 42.7 Å². The fourth-order valence-electron chi connectivity index (χ4n) is 1.67. The molecule has 0 saturated carbocycles. The average molecular weight is 314 g/mol. The minimum Gasteiger partial charge on any atom is -0.468 e. The molecule has 0 aliphatic heterocycles. The largest absolute Gasteiger partial charge is 0.468 e. The van der Waals surface area contributed by atoms with Gasteiger partial charge in [0.2, 0.25) is 0 Å². The first-order valence-corrected chi connectivity index (χ1v) is 6.64. The number of nitrogens with zero attached hydrogens (tertiary/aromatic N) is 2. The molecule has 1 aromatic heterocycles. The quantitative estimate of drug-likeness (QED) is 0.783. The van der Waals surface area contributed by atoms with Gasteiger partial charge in [-0.1, -0.05) is 18.2 Å². The molecule has 1 heterocycles. The van der Waals surface area contributed by atoms with Gasteiger partial charge in [-0.2, -0.15) is 0 Å². The molecule has 0 spiro atoms. The molecular formula is C15H14N4O4. The monoisotopic (exact) mass is 314 g/mol. The standard InChI is InChI=1S/C15H14N4O4/c1-23-11(20)9-18-15(22)12-13(17-8-7-16-12)19-14(21)10-5-3-2-4-6-10/h2-8H,9H2,1H3,(H,18,22)(H,17,19,21). The van der Waals surface area contributed by atoms with E-state index in [9.17, 15) is 14.4 Å². The van der Waals surface area contributed by atoms with Crippen molar-refractivity contribution in [1.82, 2.24) is 15.3 Å². The van der Waals surface area contributed by atoms with Gasteiger partial charge in [-0.25, -0.2) is 9.97 Å². The summed E-state index contributed by atoms with van der Waals surface area (Å²) in [6.07, 6.45) is 2.66. The summed E-state index contributed by atoms with van der Waals surface area (Å²) >= 11 is 0. The highest BCUT2D eigenvalue weighted by molar-refractivity contribution is 6.07. The molecule has 8 nitrogen and oxygen atoms in total. The summed E-state index contributed by atoms with van der Waals surface area (Å²) in [6, 6.07) is 8.47. The Bertz CT molecular complexity index is 718. The second-order valence-electron chi connectivity index (χ2n) is 4.33. The molecule has 2 amide bonds. The molecule has 2 rings (SSSR count). The molecule has 0 aliphatic carbocycles. The van der Waals surface area contributed by atoms with Gasteiger partial charge >= 0.3 is 5.97 Å². The Kier molecular flexibility index (Phi) is 5.35. The van der Waals surface area contributed by atoms with Crippen molar-refractivity contribution in [2.75, 3.05) is 19.0 Å². The molecule has 118 valence electrons. The molecule has 0 atom stereocenters. The van der Waals surface area contributed by atoms with Crippen LogP contribution >= 0.6 is 0 Å². The van der Waals surface area contributed by atoms with E-state index in [1.165, 1.54) is 19.5 Å². The van der Waals surface area contributed by atoms with E-state index >= 15 is 0 Å². The Balaban J connectivity index is 2.13. The highest BCUT2D eigenvalue weighted by Crippen LogP contribution is 2.10. The van der Waals surface area contributed by atoms with E-state index in [2.05, 4.69) is 25.3 Å². The minimum atomic E-state index is -0.646. The number of methoxy groups -OCH3 is 1. The SMILES string of the molecule is COC(=O)CNC(=O)c1nccnc1NC(=O)c1ccccc1. The number of benzene rings is 1. The number of anilines is 1. The van der Waals surface area contributed by atoms with Gasteiger partial charge < -0.3 is 15.4 Å². The van der Waals surface area contributed by atoms with Crippen LogP contribution in [0.25, 0.3) is 0 Å². The van der Waals surface area contributed by atoms with Crippen LogP contribution in [0, 0.1) is 0 Å². The summed E-state index contributed by atoms with van der Waals surface area (Å²) in [6.45, 7) is -0.308. The highest BCUT2D eigenvalue weighted by atomic mass is 16.5. The number of carbonyl (C=O) groups excluding carboxylic acids is 3. The lowest BCUT2D eigenvalue weighted by atomic mass is 10.2. The maximum atomic E-state index is 12.1. The van der Waals surface area contributed by atoms with E-state index in [4.69, 9.17) is 0 Å². The van der Waals surface area contributed by atoms with Gasteiger partial charge in [0.25, 0.3) is 11.8 Å². The molecule has 0 unspecified atom stereocenters. The van der Waals surface area contributed by atoms with Crippen molar-refractivity contribution < 1.29 is 19.1 Å². The zero-order chi connectivity index (χ0) is 16.7. The van der Waals surface area contributed by atoms with Gasteiger partial charge in [-0.3, -0.25) is 14.4 Å². The number of carbonyl (C=O) groups is 3. The number of nitrogens with one attached hydrogen (secondary N) is 2. The molecular weight excluding hydrogens is 300 g/mol. The van der Waals surface area contributed by atoms with Crippen molar-refractivity contribution in [3.63, 3.8) is 0 Å². The Morgan fingerprint density at radius 3 is 2.43 bits per heavy atom. The van der Waals surface area contributed by atoms with E-state index in [1.54, 1.807) is 30.3 Å². The second kappa shape index (κ2) is 7.64. The van der Waals surface area contributed by atoms with Crippen LogP contribution in [0.5, 0.6) is 0 Å². The maximum absolute atomic E-state index is 12.1. The first-order chi connectivity index (χ1) is 11.1. The lowest BCUT2D eigenvalue weighted by Gasteiger charge is -2.09. The summed E-state index contributed by atoms with van der Waals surface area (Å²) < 4.78 is 4.43. The predicted octanol–water partition coefficient (Wildman–Crippen LogP) is 0.632. The van der Waals surface area contributed by atoms with Crippen molar-refractivity contribution in [3.05, 3.63) is 54.0 Å². The van der Waals surface area contributed by atoms with Crippen molar-refractivity contribution in [2.45, 2.75) is 0 Å². The number of ether oxygens (including phenoxy) is 1. The fourth-order valence-corrected chi connectivity index (χ4v) is 1.67. The molecule has 0 aliphatic rings. The molecule has 0 saturated heterocycles. The molecule has 0 fully saturated rings. The van der Waals surface area contributed by atoms with E-state index in [-0.39, 0.29) is 18.1 Å². The van der Waals surface area contributed by atoms with Crippen molar-refractivity contribution in [1.29, 1.82) is 0 Å². The average Bonchev–Trinajstić information content (AvgIpc) is 2.60. The first-order valence-electron chi connectivity index (χ1n) is 6.64. The fraction of sp³-hybridized carbons (Fsp3) is 0.133. The second-order valence-corrected chi connectivity index (χ2v) is 4.33. The lowest BCUT2D eigenvalue weighted by Crippen LogP contribution is -2.31. The highest BCUT2D eigenvalue weighted by Gasteiger charge is 2.17. The number of esters is 1. The third-order valence-electron chi connectivity index (χ3n) is 2.80. The van der Waals surface area contributed by atoms with Gasteiger partial charge in [-0.15, -0.1) is 0 Å². The normalized spacial score (nSPS) is 9.78. The van der Waals surface area contributed by atoms with Crippen LogP contribution in [-0.4, -0.2) is 41.4 Å². The van der Waals surface area contributed by atoms with Gasteiger partial charge in [0.1, 0.15) is 6.54 Å². The summed E-state index contributed by atoms with van der Waals surface area (Å²) in [5.74, 6) is -1.67. The zero-order valence-electron chi connectivity index (χ0n) is 12.3. The summed E-state index contributed by atoms with van der Waals surface area (Å²) in [7, 11) is 1.21. The van der Waals surface area contributed by atoms with Gasteiger partial charge in [0.05, 0.1) is 7.11 Å². The third-order valence-corrected chi connectivity index (χ3v) is 2.80. The van der Waals surface area contributed by atoms with Crippen LogP contribution in [0.2, 0.25) is 0 Å². The Hall–Kier alpha value is -3.29. The molecule has 2 aromatic rings. The molecule has 1 aromatic carbocycles. The molecule has 8 heteroatoms. The Labute approximate surface area is 131 Å². The van der Waals surface area contributed by atoms with E-state index < -0.39 is 17.8 Å². The van der Waals surface area contributed by atoms with Gasteiger partial charge in [0, 0.05) is 18.0 Å². The topological polar surface area (TPSA) is 110 Å².